The molecule has 3 N–H and O–H groups in total. The molecule has 0 radical (unpaired) electrons. The number of rotatable bonds is 4. The van der Waals surface area contributed by atoms with Crippen LogP contribution in [0.15, 0.2) is 60.7 Å². The highest BCUT2D eigenvalue weighted by atomic mass is 19.4. The van der Waals surface area contributed by atoms with E-state index in [1.165, 1.54) is 19.1 Å². The average Bonchev–Trinajstić information content (AvgIpc) is 3.44. The fraction of sp³-hybridized carbons (Fsp3) is 0.172. The van der Waals surface area contributed by atoms with E-state index in [1.807, 2.05) is 6.07 Å². The van der Waals surface area contributed by atoms with E-state index in [0.717, 1.165) is 34.4 Å². The Morgan fingerprint density at radius 1 is 0.949 bits per heavy atom. The molecule has 2 aliphatic rings. The van der Waals surface area contributed by atoms with Crippen molar-refractivity contribution in [3.05, 3.63) is 117 Å². The highest BCUT2D eigenvalue weighted by Crippen LogP contribution is 2.55. The average molecular weight is 537 g/mol. The summed E-state index contributed by atoms with van der Waals surface area (Å²) in [4.78, 5) is 16.9. The predicted molar refractivity (Wildman–Crippen MR) is 133 cm³/mol. The van der Waals surface area contributed by atoms with Crippen LogP contribution in [0.3, 0.4) is 0 Å². The number of carbonyl (C=O) groups is 1. The van der Waals surface area contributed by atoms with Gasteiger partial charge in [-0.15, -0.1) is 0 Å². The van der Waals surface area contributed by atoms with Crippen LogP contribution in [-0.2, 0) is 17.5 Å². The molecule has 10 heteroatoms. The number of nitrogen functional groups attached to an aromatic ring is 1. The molecule has 4 aromatic rings. The van der Waals surface area contributed by atoms with E-state index in [1.54, 1.807) is 30.3 Å². The molecule has 0 aliphatic carbocycles. The van der Waals surface area contributed by atoms with Crippen LogP contribution in [-0.4, -0.2) is 10.9 Å². The Labute approximate surface area is 219 Å². The number of nitrogens with one attached hydrogen (secondary N) is 1. The maximum atomic E-state index is 14.4. The predicted octanol–water partition coefficient (Wildman–Crippen LogP) is 6.39. The summed E-state index contributed by atoms with van der Waals surface area (Å²) in [6.07, 6.45) is -5.52. The number of halogens is 5. The summed E-state index contributed by atoms with van der Waals surface area (Å²) >= 11 is 0. The van der Waals surface area contributed by atoms with E-state index in [-0.39, 0.29) is 40.9 Å². The van der Waals surface area contributed by atoms with Gasteiger partial charge in [-0.2, -0.15) is 13.2 Å². The van der Waals surface area contributed by atoms with E-state index >= 15 is 0 Å². The Morgan fingerprint density at radius 2 is 1.64 bits per heavy atom. The number of ether oxygens (including phenoxy) is 1. The van der Waals surface area contributed by atoms with E-state index in [4.69, 9.17) is 10.5 Å². The molecule has 39 heavy (non-hydrogen) atoms. The molecule has 0 spiro atoms. The maximum absolute atomic E-state index is 14.4. The molecule has 2 atom stereocenters. The van der Waals surface area contributed by atoms with Crippen LogP contribution in [0.2, 0.25) is 0 Å². The summed E-state index contributed by atoms with van der Waals surface area (Å²) in [7, 11) is 0. The number of pyridine rings is 1. The molecule has 5 nitrogen and oxygen atoms in total. The number of hydrogen-bond donors (Lipinski definition) is 2. The fourth-order valence-corrected chi connectivity index (χ4v) is 5.35. The minimum absolute atomic E-state index is 0.0762. The van der Waals surface area contributed by atoms with Gasteiger partial charge < -0.3 is 15.8 Å². The van der Waals surface area contributed by atoms with E-state index in [9.17, 15) is 26.7 Å². The zero-order valence-corrected chi connectivity index (χ0v) is 20.4. The van der Waals surface area contributed by atoms with Gasteiger partial charge in [-0.1, -0.05) is 18.2 Å². The maximum Gasteiger partial charge on any atom is 0.416 e. The molecule has 6 rings (SSSR count). The molecule has 0 unspecified atom stereocenters. The van der Waals surface area contributed by atoms with Crippen LogP contribution in [0.1, 0.15) is 61.6 Å². The standard InChI is InChI=1S/C29H20F5N3O2/c1-13-22(23(29(32,33)34)11-25(35)37-13)12-36-28(38)15-3-6-19-21(9-15)27-20-8-14(2-5-18(20)26(19)39-27)17-7-4-16(30)10-24(17)31/h2-11,26-27H,12H2,1H3,(H2,35,37)(H,36,38)/t26-,27+/m0/s1. The molecule has 198 valence electrons. The molecule has 3 heterocycles. The molecule has 0 saturated carbocycles. The van der Waals surface area contributed by atoms with Gasteiger partial charge in [-0.3, -0.25) is 4.79 Å². The zero-order chi connectivity index (χ0) is 27.6. The zero-order valence-electron chi connectivity index (χ0n) is 20.4. The van der Waals surface area contributed by atoms with Crippen molar-refractivity contribution in [1.82, 2.24) is 10.3 Å². The molecule has 0 fully saturated rings. The number of anilines is 1. The number of nitrogens with two attached hydrogens (primary N) is 1. The van der Waals surface area contributed by atoms with Crippen molar-refractivity contribution in [2.75, 3.05) is 5.73 Å². The third kappa shape index (κ3) is 4.21. The summed E-state index contributed by atoms with van der Waals surface area (Å²) in [5, 5.41) is 2.55. The van der Waals surface area contributed by atoms with Gasteiger partial charge in [-0.05, 0) is 71.1 Å². The van der Waals surface area contributed by atoms with E-state index < -0.39 is 35.4 Å². The van der Waals surface area contributed by atoms with Crippen molar-refractivity contribution in [2.45, 2.75) is 31.9 Å². The smallest absolute Gasteiger partial charge is 0.384 e. The number of alkyl halides is 3. The van der Waals surface area contributed by atoms with Crippen LogP contribution < -0.4 is 11.1 Å². The SMILES string of the molecule is Cc1nc(N)cc(C(F)(F)F)c1CNC(=O)c1ccc2c(c1)[C@@H]1O[C@H]2c2ccc(-c3ccc(F)cc3F)cc21. The Kier molecular flexibility index (Phi) is 5.69. The number of nitrogens with zero attached hydrogens (tertiary/aromatic N) is 1. The fourth-order valence-electron chi connectivity index (χ4n) is 5.35. The Hall–Kier alpha value is -4.31. The van der Waals surface area contributed by atoms with Crippen LogP contribution in [0.4, 0.5) is 27.8 Å². The lowest BCUT2D eigenvalue weighted by Gasteiger charge is -2.18. The molecular formula is C29H20F5N3O2. The minimum Gasteiger partial charge on any atom is -0.384 e. The molecular weight excluding hydrogens is 517 g/mol. The van der Waals surface area contributed by atoms with Gasteiger partial charge in [-0.25, -0.2) is 13.8 Å². The number of carbonyl (C=O) groups excluding carboxylic acids is 1. The minimum atomic E-state index is -4.66. The number of amides is 1. The third-order valence-corrected chi connectivity index (χ3v) is 7.16. The van der Waals surface area contributed by atoms with E-state index in [0.29, 0.717) is 5.56 Å². The summed E-state index contributed by atoms with van der Waals surface area (Å²) in [5.41, 5.74) is 8.88. The quantitative estimate of drug-likeness (QED) is 0.296. The van der Waals surface area contributed by atoms with Crippen molar-refractivity contribution in [1.29, 1.82) is 0 Å². The first kappa shape index (κ1) is 25.0. The monoisotopic (exact) mass is 537 g/mol. The summed E-state index contributed by atoms with van der Waals surface area (Å²) in [6, 6.07) is 14.6. The third-order valence-electron chi connectivity index (χ3n) is 7.16. The van der Waals surface area contributed by atoms with Crippen molar-refractivity contribution in [2.24, 2.45) is 0 Å². The molecule has 0 saturated heterocycles. The first-order valence-electron chi connectivity index (χ1n) is 12.0. The van der Waals surface area contributed by atoms with Crippen LogP contribution >= 0.6 is 0 Å². The van der Waals surface area contributed by atoms with Crippen LogP contribution in [0, 0.1) is 18.6 Å². The first-order chi connectivity index (χ1) is 18.5. The number of aromatic nitrogens is 1. The highest BCUT2D eigenvalue weighted by Gasteiger charge is 2.43. The molecule has 2 aliphatic heterocycles. The second-order valence-electron chi connectivity index (χ2n) is 9.55. The van der Waals surface area contributed by atoms with Crippen LogP contribution in [0.5, 0.6) is 0 Å². The summed E-state index contributed by atoms with van der Waals surface area (Å²) in [6.45, 7) is 1.02. The number of aryl methyl sites for hydroxylation is 1. The number of hydrogen-bond acceptors (Lipinski definition) is 4. The number of fused-ring (bicyclic) bond motifs is 8. The normalized spacial score (nSPS) is 17.2. The van der Waals surface area contributed by atoms with Gasteiger partial charge in [0.05, 0.1) is 5.56 Å². The second kappa shape index (κ2) is 8.88. The van der Waals surface area contributed by atoms with Gasteiger partial charge in [0.1, 0.15) is 29.7 Å². The number of benzene rings is 3. The van der Waals surface area contributed by atoms with Crippen molar-refractivity contribution in [3.63, 3.8) is 0 Å². The van der Waals surface area contributed by atoms with Gasteiger partial charge in [0, 0.05) is 35.0 Å². The molecule has 3 aromatic carbocycles. The van der Waals surface area contributed by atoms with Gasteiger partial charge in [0.25, 0.3) is 5.91 Å². The largest absolute Gasteiger partial charge is 0.416 e. The Morgan fingerprint density at radius 3 is 2.36 bits per heavy atom. The lowest BCUT2D eigenvalue weighted by atomic mass is 9.83. The van der Waals surface area contributed by atoms with Crippen molar-refractivity contribution < 1.29 is 31.5 Å². The molecule has 2 bridgehead atoms. The van der Waals surface area contributed by atoms with Gasteiger partial charge >= 0.3 is 6.18 Å². The van der Waals surface area contributed by atoms with E-state index in [2.05, 4.69) is 10.3 Å². The molecule has 1 amide bonds. The topological polar surface area (TPSA) is 77.2 Å². The van der Waals surface area contributed by atoms with Crippen molar-refractivity contribution in [3.8, 4) is 11.1 Å². The highest BCUT2D eigenvalue weighted by molar-refractivity contribution is 5.94. The van der Waals surface area contributed by atoms with Crippen LogP contribution in [0.25, 0.3) is 11.1 Å². The van der Waals surface area contributed by atoms with Gasteiger partial charge in [0.2, 0.25) is 0 Å². The lowest BCUT2D eigenvalue weighted by Crippen LogP contribution is -2.26. The second-order valence-corrected chi connectivity index (χ2v) is 9.55. The lowest BCUT2D eigenvalue weighted by molar-refractivity contribution is -0.138. The summed E-state index contributed by atoms with van der Waals surface area (Å²) < 4.78 is 74.6. The molecule has 1 aromatic heterocycles. The summed E-state index contributed by atoms with van der Waals surface area (Å²) in [5.74, 6) is -2.17. The van der Waals surface area contributed by atoms with Crippen molar-refractivity contribution >= 4 is 11.7 Å². The first-order valence-corrected chi connectivity index (χ1v) is 12.0. The Balaban J connectivity index is 1.27. The Bertz CT molecular complexity index is 1670. The van der Waals surface area contributed by atoms with Gasteiger partial charge in [0.15, 0.2) is 0 Å².